The maximum absolute atomic E-state index is 12.4. The lowest BCUT2D eigenvalue weighted by Gasteiger charge is -2.33. The van der Waals surface area contributed by atoms with E-state index >= 15 is 0 Å². The van der Waals surface area contributed by atoms with Crippen molar-refractivity contribution in [1.82, 2.24) is 20.4 Å². The lowest BCUT2D eigenvalue weighted by Crippen LogP contribution is -2.44. The van der Waals surface area contributed by atoms with Gasteiger partial charge < -0.3 is 20.4 Å². The van der Waals surface area contributed by atoms with Gasteiger partial charge in [0.25, 0.3) is 0 Å². The second-order valence-electron chi connectivity index (χ2n) is 7.21. The van der Waals surface area contributed by atoms with Crippen LogP contribution >= 0.6 is 24.0 Å². The second kappa shape index (κ2) is 13.2. The number of carbonyl (C=O) groups excluding carboxylic acids is 2. The Morgan fingerprint density at radius 3 is 2.70 bits per heavy atom. The van der Waals surface area contributed by atoms with Crippen LogP contribution < -0.4 is 10.6 Å². The number of likely N-dealkylation sites (tertiary alicyclic amines) is 2. The van der Waals surface area contributed by atoms with Crippen LogP contribution in [0.1, 0.15) is 58.8 Å². The van der Waals surface area contributed by atoms with Crippen molar-refractivity contribution < 1.29 is 9.59 Å². The third kappa shape index (κ3) is 8.23. The minimum Gasteiger partial charge on any atom is -0.357 e. The molecule has 2 heterocycles. The van der Waals surface area contributed by atoms with Gasteiger partial charge in [0.05, 0.1) is 0 Å². The Morgan fingerprint density at radius 2 is 2.04 bits per heavy atom. The molecule has 0 radical (unpaired) electrons. The number of hydrogen-bond acceptors (Lipinski definition) is 3. The maximum atomic E-state index is 12.4. The summed E-state index contributed by atoms with van der Waals surface area (Å²) in [6.45, 7) is 8.79. The summed E-state index contributed by atoms with van der Waals surface area (Å²) in [4.78, 5) is 32.5. The minimum absolute atomic E-state index is 0. The number of halogens is 1. The van der Waals surface area contributed by atoms with Gasteiger partial charge in [0.15, 0.2) is 5.96 Å². The Bertz CT molecular complexity index is 500. The number of guanidine groups is 1. The van der Waals surface area contributed by atoms with E-state index < -0.39 is 0 Å². The molecule has 1 unspecified atom stereocenters. The monoisotopic (exact) mass is 493 g/mol. The van der Waals surface area contributed by atoms with Crippen LogP contribution in [0, 0.1) is 0 Å². The summed E-state index contributed by atoms with van der Waals surface area (Å²) in [5, 5.41) is 6.47. The molecule has 0 bridgehead atoms. The summed E-state index contributed by atoms with van der Waals surface area (Å²) in [6, 6.07) is 0.367. The van der Waals surface area contributed by atoms with E-state index in [2.05, 4.69) is 22.5 Å². The first-order chi connectivity index (χ1) is 12.6. The number of amides is 2. The predicted octanol–water partition coefficient (Wildman–Crippen LogP) is 1.96. The molecule has 0 aliphatic carbocycles. The predicted molar refractivity (Wildman–Crippen MR) is 119 cm³/mol. The molecule has 0 aromatic heterocycles. The van der Waals surface area contributed by atoms with E-state index in [1.165, 1.54) is 6.42 Å². The summed E-state index contributed by atoms with van der Waals surface area (Å²) in [6.07, 6.45) is 6.50. The minimum atomic E-state index is 0. The van der Waals surface area contributed by atoms with Crippen LogP contribution in [0.5, 0.6) is 0 Å². The number of hydrogen-bond donors (Lipinski definition) is 2. The molecule has 2 fully saturated rings. The summed E-state index contributed by atoms with van der Waals surface area (Å²) >= 11 is 0. The SMILES string of the molecule is CCNC(=NCCCN1CCCC1=O)NCCC(=O)N1CCCCC1C.I. The molecule has 27 heavy (non-hydrogen) atoms. The Kier molecular flexibility index (Phi) is 11.7. The zero-order chi connectivity index (χ0) is 18.8. The molecule has 156 valence electrons. The van der Waals surface area contributed by atoms with Crippen LogP contribution in [0.4, 0.5) is 0 Å². The zero-order valence-corrected chi connectivity index (χ0v) is 19.2. The molecule has 2 saturated heterocycles. The molecule has 1 atom stereocenters. The van der Waals surface area contributed by atoms with Gasteiger partial charge in [-0.25, -0.2) is 0 Å². The molecule has 7 nitrogen and oxygen atoms in total. The summed E-state index contributed by atoms with van der Waals surface area (Å²) in [5.41, 5.74) is 0. The molecule has 2 rings (SSSR count). The van der Waals surface area contributed by atoms with E-state index in [1.54, 1.807) is 0 Å². The topological polar surface area (TPSA) is 77.0 Å². The Balaban J connectivity index is 0.00000364. The number of aliphatic imine (C=N–C) groups is 1. The van der Waals surface area contributed by atoms with Gasteiger partial charge in [-0.3, -0.25) is 14.6 Å². The third-order valence-corrected chi connectivity index (χ3v) is 5.13. The van der Waals surface area contributed by atoms with Crippen LogP contribution in [0.15, 0.2) is 4.99 Å². The van der Waals surface area contributed by atoms with Gasteiger partial charge in [0.2, 0.25) is 11.8 Å². The van der Waals surface area contributed by atoms with E-state index in [-0.39, 0.29) is 35.8 Å². The molecule has 2 amide bonds. The Labute approximate surface area is 180 Å². The first-order valence-electron chi connectivity index (χ1n) is 10.2. The van der Waals surface area contributed by atoms with Gasteiger partial charge in [0, 0.05) is 58.2 Å². The number of rotatable bonds is 8. The highest BCUT2D eigenvalue weighted by atomic mass is 127. The molecular formula is C19H36IN5O2. The van der Waals surface area contributed by atoms with Crippen molar-refractivity contribution in [3.63, 3.8) is 0 Å². The van der Waals surface area contributed by atoms with Gasteiger partial charge in [-0.05, 0) is 46.0 Å². The lowest BCUT2D eigenvalue weighted by molar-refractivity contribution is -0.134. The summed E-state index contributed by atoms with van der Waals surface area (Å²) in [5.74, 6) is 1.25. The molecule has 2 aliphatic rings. The van der Waals surface area contributed by atoms with Gasteiger partial charge in [-0.15, -0.1) is 24.0 Å². The Morgan fingerprint density at radius 1 is 1.22 bits per heavy atom. The third-order valence-electron chi connectivity index (χ3n) is 5.13. The zero-order valence-electron chi connectivity index (χ0n) is 16.8. The molecule has 0 aromatic rings. The van der Waals surface area contributed by atoms with Gasteiger partial charge in [-0.2, -0.15) is 0 Å². The lowest BCUT2D eigenvalue weighted by atomic mass is 10.0. The van der Waals surface area contributed by atoms with Crippen LogP contribution in [0.25, 0.3) is 0 Å². The summed E-state index contributed by atoms with van der Waals surface area (Å²) < 4.78 is 0. The first kappa shape index (κ1) is 24.0. The standard InChI is InChI=1S/C19H35N5O2.HI/c1-3-20-19(21-11-7-14-23-13-6-9-17(23)25)22-12-10-18(26)24-15-5-4-8-16(24)2;/h16H,3-15H2,1-2H3,(H2,20,21,22);1H. The maximum Gasteiger partial charge on any atom is 0.224 e. The quantitative estimate of drug-likeness (QED) is 0.235. The van der Waals surface area contributed by atoms with Crippen LogP contribution in [-0.4, -0.2) is 72.9 Å². The molecule has 0 spiro atoms. The van der Waals surface area contributed by atoms with Crippen molar-refractivity contribution in [2.24, 2.45) is 4.99 Å². The highest BCUT2D eigenvalue weighted by Gasteiger charge is 2.22. The Hall–Kier alpha value is -1.06. The normalized spacial score (nSPS) is 20.4. The second-order valence-corrected chi connectivity index (χ2v) is 7.21. The van der Waals surface area contributed by atoms with Crippen molar-refractivity contribution in [3.05, 3.63) is 0 Å². The van der Waals surface area contributed by atoms with Gasteiger partial charge >= 0.3 is 0 Å². The number of piperidine rings is 1. The van der Waals surface area contributed by atoms with E-state index in [4.69, 9.17) is 0 Å². The van der Waals surface area contributed by atoms with Crippen molar-refractivity contribution in [2.75, 3.05) is 39.3 Å². The van der Waals surface area contributed by atoms with Gasteiger partial charge in [-0.1, -0.05) is 0 Å². The van der Waals surface area contributed by atoms with E-state index in [1.807, 2.05) is 16.7 Å². The molecule has 2 N–H and O–H groups in total. The number of nitrogens with one attached hydrogen (secondary N) is 2. The molecule has 0 saturated carbocycles. The van der Waals surface area contributed by atoms with Crippen LogP contribution in [0.3, 0.4) is 0 Å². The van der Waals surface area contributed by atoms with E-state index in [0.717, 1.165) is 57.8 Å². The van der Waals surface area contributed by atoms with Gasteiger partial charge in [0.1, 0.15) is 0 Å². The number of nitrogens with zero attached hydrogens (tertiary/aromatic N) is 3. The highest BCUT2D eigenvalue weighted by Crippen LogP contribution is 2.17. The largest absolute Gasteiger partial charge is 0.357 e. The first-order valence-corrected chi connectivity index (χ1v) is 10.2. The van der Waals surface area contributed by atoms with Crippen molar-refractivity contribution in [2.45, 2.75) is 64.8 Å². The number of carbonyl (C=O) groups is 2. The molecule has 0 aromatic carbocycles. The fourth-order valence-corrected chi connectivity index (χ4v) is 3.63. The fourth-order valence-electron chi connectivity index (χ4n) is 3.63. The average Bonchev–Trinajstić information content (AvgIpc) is 3.04. The molecular weight excluding hydrogens is 457 g/mol. The van der Waals surface area contributed by atoms with Crippen LogP contribution in [-0.2, 0) is 9.59 Å². The molecule has 2 aliphatic heterocycles. The van der Waals surface area contributed by atoms with Crippen LogP contribution in [0.2, 0.25) is 0 Å². The molecule has 8 heteroatoms. The van der Waals surface area contributed by atoms with Crippen molar-refractivity contribution >= 4 is 41.8 Å². The average molecular weight is 493 g/mol. The summed E-state index contributed by atoms with van der Waals surface area (Å²) in [7, 11) is 0. The van der Waals surface area contributed by atoms with Crippen molar-refractivity contribution in [3.8, 4) is 0 Å². The smallest absolute Gasteiger partial charge is 0.224 e. The highest BCUT2D eigenvalue weighted by molar-refractivity contribution is 14.0. The van der Waals surface area contributed by atoms with Crippen molar-refractivity contribution in [1.29, 1.82) is 0 Å². The fraction of sp³-hybridized carbons (Fsp3) is 0.842. The van der Waals surface area contributed by atoms with E-state index in [9.17, 15) is 9.59 Å². The van der Waals surface area contributed by atoms with E-state index in [0.29, 0.717) is 32.0 Å².